The summed E-state index contributed by atoms with van der Waals surface area (Å²) in [6, 6.07) is 9.80. The third-order valence-corrected chi connectivity index (χ3v) is 2.83. The van der Waals surface area contributed by atoms with Crippen LogP contribution < -0.4 is 0 Å². The zero-order valence-electron chi connectivity index (χ0n) is 10.2. The lowest BCUT2D eigenvalue weighted by Crippen LogP contribution is -1.94. The van der Waals surface area contributed by atoms with Crippen LogP contribution in [-0.2, 0) is 0 Å². The third-order valence-electron chi connectivity index (χ3n) is 2.83. The first-order valence-electron chi connectivity index (χ1n) is 5.81. The van der Waals surface area contributed by atoms with E-state index in [1.807, 2.05) is 0 Å². The van der Waals surface area contributed by atoms with Crippen molar-refractivity contribution in [2.24, 2.45) is 0 Å². The highest BCUT2D eigenvalue weighted by Gasteiger charge is 2.12. The summed E-state index contributed by atoms with van der Waals surface area (Å²) < 4.78 is 27.9. The van der Waals surface area contributed by atoms with E-state index >= 15 is 0 Å². The summed E-state index contributed by atoms with van der Waals surface area (Å²) in [5, 5.41) is 17.4. The van der Waals surface area contributed by atoms with Crippen molar-refractivity contribution >= 4 is 0 Å². The van der Waals surface area contributed by atoms with E-state index in [0.717, 1.165) is 12.1 Å². The summed E-state index contributed by atoms with van der Waals surface area (Å²) >= 11 is 0. The number of hydrogen-bond donors (Lipinski definition) is 1. The van der Waals surface area contributed by atoms with Gasteiger partial charge in [0, 0.05) is 11.6 Å². The molecule has 3 aromatic rings. The van der Waals surface area contributed by atoms with Gasteiger partial charge < -0.3 is 5.11 Å². The third kappa shape index (κ3) is 2.11. The summed E-state index contributed by atoms with van der Waals surface area (Å²) in [6.45, 7) is 0. The highest BCUT2D eigenvalue weighted by atomic mass is 19.1. The van der Waals surface area contributed by atoms with Crippen molar-refractivity contribution in [2.75, 3.05) is 0 Å². The van der Waals surface area contributed by atoms with Gasteiger partial charge in [0.05, 0.1) is 6.20 Å². The summed E-state index contributed by atoms with van der Waals surface area (Å²) in [7, 11) is 0. The molecule has 20 heavy (non-hydrogen) atoms. The van der Waals surface area contributed by atoms with Gasteiger partial charge in [-0.1, -0.05) is 17.3 Å². The number of aromatic hydroxyl groups is 1. The zero-order chi connectivity index (χ0) is 14.1. The van der Waals surface area contributed by atoms with E-state index in [9.17, 15) is 13.9 Å². The molecule has 2 aromatic carbocycles. The van der Waals surface area contributed by atoms with Gasteiger partial charge in [0.2, 0.25) is 0 Å². The van der Waals surface area contributed by atoms with Crippen LogP contribution in [0, 0.1) is 11.6 Å². The molecular formula is C14H9F2N3O. The van der Waals surface area contributed by atoms with Gasteiger partial charge in [0.15, 0.2) is 0 Å². The molecule has 0 bridgehead atoms. The number of halogens is 2. The van der Waals surface area contributed by atoms with Crippen LogP contribution in [0.25, 0.3) is 16.9 Å². The van der Waals surface area contributed by atoms with Gasteiger partial charge >= 0.3 is 0 Å². The number of para-hydroxylation sites is 2. The van der Waals surface area contributed by atoms with E-state index in [4.69, 9.17) is 0 Å². The average Bonchev–Trinajstić information content (AvgIpc) is 2.88. The first-order chi connectivity index (χ1) is 9.65. The maximum Gasteiger partial charge on any atom is 0.141 e. The van der Waals surface area contributed by atoms with E-state index < -0.39 is 11.6 Å². The molecule has 0 fully saturated rings. The Hall–Kier alpha value is -2.76. The van der Waals surface area contributed by atoms with Gasteiger partial charge in [-0.2, -0.15) is 0 Å². The maximum absolute atomic E-state index is 13.7. The molecule has 1 heterocycles. The molecule has 0 unspecified atom stereocenters. The Balaban J connectivity index is 2.04. The largest absolute Gasteiger partial charge is 0.506 e. The lowest BCUT2D eigenvalue weighted by atomic mass is 10.1. The van der Waals surface area contributed by atoms with E-state index in [-0.39, 0.29) is 17.0 Å². The molecule has 0 spiro atoms. The van der Waals surface area contributed by atoms with Crippen LogP contribution in [0.5, 0.6) is 5.75 Å². The smallest absolute Gasteiger partial charge is 0.141 e. The Kier molecular flexibility index (Phi) is 2.90. The zero-order valence-corrected chi connectivity index (χ0v) is 10.2. The molecule has 0 atom stereocenters. The van der Waals surface area contributed by atoms with E-state index in [2.05, 4.69) is 10.3 Å². The number of nitrogens with zero attached hydrogens (tertiary/aromatic N) is 3. The Morgan fingerprint density at radius 1 is 1.05 bits per heavy atom. The number of phenols is 1. The Morgan fingerprint density at radius 3 is 2.60 bits per heavy atom. The molecule has 0 aliphatic heterocycles. The normalized spacial score (nSPS) is 10.7. The number of aromatic nitrogens is 3. The number of hydrogen-bond acceptors (Lipinski definition) is 3. The minimum atomic E-state index is -0.714. The van der Waals surface area contributed by atoms with Crippen molar-refractivity contribution in [1.82, 2.24) is 15.0 Å². The van der Waals surface area contributed by atoms with E-state index in [1.54, 1.807) is 18.2 Å². The van der Waals surface area contributed by atoms with Crippen molar-refractivity contribution in [2.45, 2.75) is 0 Å². The van der Waals surface area contributed by atoms with Crippen LogP contribution in [-0.4, -0.2) is 20.1 Å². The van der Waals surface area contributed by atoms with Gasteiger partial charge in [-0.05, 0) is 24.3 Å². The number of rotatable bonds is 2. The number of phenolic OH excluding ortho intramolecular Hbond substituents is 1. The molecule has 3 rings (SSSR count). The Bertz CT molecular complexity index is 771. The van der Waals surface area contributed by atoms with Crippen LogP contribution in [0.15, 0.2) is 48.7 Å². The van der Waals surface area contributed by atoms with Crippen molar-refractivity contribution < 1.29 is 13.9 Å². The van der Waals surface area contributed by atoms with Gasteiger partial charge in [0.1, 0.15) is 28.8 Å². The van der Waals surface area contributed by atoms with Gasteiger partial charge in [-0.25, -0.2) is 13.5 Å². The van der Waals surface area contributed by atoms with E-state index in [1.165, 1.54) is 23.0 Å². The second kappa shape index (κ2) is 4.73. The number of benzene rings is 2. The molecular weight excluding hydrogens is 264 g/mol. The predicted molar refractivity (Wildman–Crippen MR) is 68.4 cm³/mol. The van der Waals surface area contributed by atoms with Gasteiger partial charge in [-0.15, -0.1) is 5.10 Å². The SMILES string of the molecule is Oc1ccccc1-n1cc(-c2ccc(F)cc2F)nn1. The lowest BCUT2D eigenvalue weighted by molar-refractivity contribution is 0.470. The van der Waals surface area contributed by atoms with Crippen LogP contribution in [0.4, 0.5) is 8.78 Å². The van der Waals surface area contributed by atoms with Crippen molar-refractivity contribution in [1.29, 1.82) is 0 Å². The van der Waals surface area contributed by atoms with Crippen LogP contribution in [0.1, 0.15) is 0 Å². The van der Waals surface area contributed by atoms with Crippen molar-refractivity contribution in [3.05, 3.63) is 60.3 Å². The minimum absolute atomic E-state index is 0.0310. The maximum atomic E-state index is 13.7. The van der Waals surface area contributed by atoms with Crippen molar-refractivity contribution in [3.63, 3.8) is 0 Å². The Morgan fingerprint density at radius 2 is 1.85 bits per heavy atom. The average molecular weight is 273 g/mol. The highest BCUT2D eigenvalue weighted by Crippen LogP contribution is 2.24. The monoisotopic (exact) mass is 273 g/mol. The fourth-order valence-electron chi connectivity index (χ4n) is 1.86. The minimum Gasteiger partial charge on any atom is -0.506 e. The second-order valence-corrected chi connectivity index (χ2v) is 4.16. The summed E-state index contributed by atoms with van der Waals surface area (Å²) in [5.74, 6) is -1.34. The molecule has 6 heteroatoms. The summed E-state index contributed by atoms with van der Waals surface area (Å²) in [6.07, 6.45) is 1.46. The van der Waals surface area contributed by atoms with Gasteiger partial charge in [-0.3, -0.25) is 0 Å². The molecule has 100 valence electrons. The highest BCUT2D eigenvalue weighted by molar-refractivity contribution is 5.59. The first kappa shape index (κ1) is 12.3. The fourth-order valence-corrected chi connectivity index (χ4v) is 1.86. The van der Waals surface area contributed by atoms with Gasteiger partial charge in [0.25, 0.3) is 0 Å². The summed E-state index contributed by atoms with van der Waals surface area (Å²) in [4.78, 5) is 0. The second-order valence-electron chi connectivity index (χ2n) is 4.16. The first-order valence-corrected chi connectivity index (χ1v) is 5.81. The van der Waals surface area contributed by atoms with E-state index in [0.29, 0.717) is 5.69 Å². The van der Waals surface area contributed by atoms with Crippen molar-refractivity contribution in [3.8, 4) is 22.7 Å². The molecule has 1 N–H and O–H groups in total. The summed E-state index contributed by atoms with van der Waals surface area (Å²) in [5.41, 5.74) is 0.826. The molecule has 0 saturated heterocycles. The Labute approximate surface area is 112 Å². The van der Waals surface area contributed by atoms with Crippen LogP contribution in [0.3, 0.4) is 0 Å². The molecule has 0 amide bonds. The molecule has 0 aliphatic rings. The molecule has 0 aliphatic carbocycles. The quantitative estimate of drug-likeness (QED) is 0.781. The fraction of sp³-hybridized carbons (Fsp3) is 0. The standard InChI is InChI=1S/C14H9F2N3O/c15-9-5-6-10(11(16)7-9)12-8-19(18-17-12)13-3-1-2-4-14(13)20/h1-8,20H. The predicted octanol–water partition coefficient (Wildman–Crippen LogP) is 2.92. The lowest BCUT2D eigenvalue weighted by Gasteiger charge is -2.02. The molecule has 1 aromatic heterocycles. The topological polar surface area (TPSA) is 50.9 Å². The molecule has 4 nitrogen and oxygen atoms in total. The van der Waals surface area contributed by atoms with Crippen LogP contribution in [0.2, 0.25) is 0 Å². The molecule has 0 saturated carbocycles. The molecule has 0 radical (unpaired) electrons. The van der Waals surface area contributed by atoms with Crippen LogP contribution >= 0.6 is 0 Å².